The van der Waals surface area contributed by atoms with Gasteiger partial charge in [-0.05, 0) is 48.8 Å². The summed E-state index contributed by atoms with van der Waals surface area (Å²) in [7, 11) is 1.73. The monoisotopic (exact) mass is 276 g/mol. The van der Waals surface area contributed by atoms with E-state index in [0.717, 1.165) is 11.7 Å². The van der Waals surface area contributed by atoms with E-state index in [4.69, 9.17) is 10.6 Å². The quantitative estimate of drug-likeness (QED) is 0.636. The first-order valence-corrected chi connectivity index (χ1v) is 7.80. The fourth-order valence-electron chi connectivity index (χ4n) is 3.54. The Labute approximate surface area is 122 Å². The second-order valence-electron chi connectivity index (χ2n) is 6.07. The molecule has 1 saturated carbocycles. The topological polar surface area (TPSA) is 47.3 Å². The van der Waals surface area contributed by atoms with Crippen molar-refractivity contribution >= 4 is 0 Å². The Balaban J connectivity index is 2.18. The van der Waals surface area contributed by atoms with Crippen LogP contribution in [0.2, 0.25) is 0 Å². The maximum atomic E-state index is 5.86. The minimum Gasteiger partial charge on any atom is -0.496 e. The van der Waals surface area contributed by atoms with Crippen molar-refractivity contribution in [3.63, 3.8) is 0 Å². The number of hydrogen-bond donors (Lipinski definition) is 2. The van der Waals surface area contributed by atoms with Crippen LogP contribution in [0.15, 0.2) is 18.2 Å². The largest absolute Gasteiger partial charge is 0.496 e. The van der Waals surface area contributed by atoms with E-state index in [1.807, 2.05) is 0 Å². The number of aryl methyl sites for hydroxylation is 1. The van der Waals surface area contributed by atoms with Crippen molar-refractivity contribution in [3.8, 4) is 5.75 Å². The predicted octanol–water partition coefficient (Wildman–Crippen LogP) is 3.72. The summed E-state index contributed by atoms with van der Waals surface area (Å²) in [4.78, 5) is 0. The summed E-state index contributed by atoms with van der Waals surface area (Å²) >= 11 is 0. The third-order valence-corrected chi connectivity index (χ3v) is 4.84. The lowest BCUT2D eigenvalue weighted by Crippen LogP contribution is -2.35. The maximum Gasteiger partial charge on any atom is 0.122 e. The zero-order valence-electron chi connectivity index (χ0n) is 13.0. The molecule has 3 N–H and O–H groups in total. The third-order valence-electron chi connectivity index (χ3n) is 4.84. The fraction of sp³-hybridized carbons (Fsp3) is 0.647. The van der Waals surface area contributed by atoms with Crippen molar-refractivity contribution in [2.75, 3.05) is 7.11 Å². The van der Waals surface area contributed by atoms with E-state index < -0.39 is 0 Å². The van der Waals surface area contributed by atoms with E-state index in [2.05, 4.69) is 37.5 Å². The van der Waals surface area contributed by atoms with Crippen LogP contribution in [-0.4, -0.2) is 7.11 Å². The average molecular weight is 276 g/mol. The van der Waals surface area contributed by atoms with Crippen LogP contribution in [0.4, 0.5) is 0 Å². The summed E-state index contributed by atoms with van der Waals surface area (Å²) in [6.07, 6.45) is 6.53. The number of ether oxygens (including phenoxy) is 1. The van der Waals surface area contributed by atoms with Gasteiger partial charge in [-0.1, -0.05) is 38.3 Å². The van der Waals surface area contributed by atoms with E-state index in [9.17, 15) is 0 Å². The smallest absolute Gasteiger partial charge is 0.122 e. The first kappa shape index (κ1) is 15.3. The molecule has 3 unspecified atom stereocenters. The van der Waals surface area contributed by atoms with Crippen molar-refractivity contribution in [3.05, 3.63) is 29.3 Å². The van der Waals surface area contributed by atoms with Crippen molar-refractivity contribution in [2.24, 2.45) is 17.7 Å². The molecule has 3 heteroatoms. The number of hydrogen-bond acceptors (Lipinski definition) is 3. The van der Waals surface area contributed by atoms with Gasteiger partial charge in [0.05, 0.1) is 7.11 Å². The third kappa shape index (κ3) is 3.33. The molecule has 1 aromatic carbocycles. The maximum absolute atomic E-state index is 5.86. The van der Waals surface area contributed by atoms with Crippen LogP contribution in [-0.2, 0) is 0 Å². The standard InChI is InChI=1S/C17H28N2O/c1-4-13-6-5-7-14(10-13)17(19-18)15-9-8-12(2)16(11-15)20-3/h8-9,11,13-14,17,19H,4-7,10,18H2,1-3H3. The Morgan fingerprint density at radius 2 is 2.20 bits per heavy atom. The molecule has 0 bridgehead atoms. The summed E-state index contributed by atoms with van der Waals surface area (Å²) < 4.78 is 5.44. The van der Waals surface area contributed by atoms with Crippen LogP contribution in [0.25, 0.3) is 0 Å². The van der Waals surface area contributed by atoms with Crippen molar-refractivity contribution in [2.45, 2.75) is 52.0 Å². The van der Waals surface area contributed by atoms with Crippen molar-refractivity contribution < 1.29 is 4.74 Å². The number of benzene rings is 1. The molecule has 1 aliphatic carbocycles. The van der Waals surface area contributed by atoms with E-state index in [1.54, 1.807) is 7.11 Å². The fourth-order valence-corrected chi connectivity index (χ4v) is 3.54. The van der Waals surface area contributed by atoms with Gasteiger partial charge in [0.1, 0.15) is 5.75 Å². The SMILES string of the molecule is CCC1CCCC(C(NN)c2ccc(C)c(OC)c2)C1. The van der Waals surface area contributed by atoms with Crippen LogP contribution >= 0.6 is 0 Å². The summed E-state index contributed by atoms with van der Waals surface area (Å²) in [5, 5.41) is 0. The van der Waals surface area contributed by atoms with Gasteiger partial charge in [0.15, 0.2) is 0 Å². The molecule has 0 radical (unpaired) electrons. The Hall–Kier alpha value is -1.06. The van der Waals surface area contributed by atoms with Crippen LogP contribution in [0, 0.1) is 18.8 Å². The van der Waals surface area contributed by atoms with E-state index in [1.165, 1.54) is 43.2 Å². The molecule has 1 fully saturated rings. The van der Waals surface area contributed by atoms with Gasteiger partial charge < -0.3 is 4.74 Å². The molecular weight excluding hydrogens is 248 g/mol. The Morgan fingerprint density at radius 1 is 1.40 bits per heavy atom. The Kier molecular flexibility index (Phi) is 5.44. The number of nitrogens with two attached hydrogens (primary N) is 1. The highest BCUT2D eigenvalue weighted by atomic mass is 16.5. The van der Waals surface area contributed by atoms with Crippen molar-refractivity contribution in [1.82, 2.24) is 5.43 Å². The molecule has 0 amide bonds. The van der Waals surface area contributed by atoms with Crippen molar-refractivity contribution in [1.29, 1.82) is 0 Å². The van der Waals surface area contributed by atoms with Gasteiger partial charge in [0, 0.05) is 6.04 Å². The molecule has 1 aromatic rings. The minimum atomic E-state index is 0.235. The molecule has 0 heterocycles. The van der Waals surface area contributed by atoms with E-state index in [0.29, 0.717) is 5.92 Å². The van der Waals surface area contributed by atoms with Gasteiger partial charge in [0.2, 0.25) is 0 Å². The lowest BCUT2D eigenvalue weighted by Gasteiger charge is -2.34. The van der Waals surface area contributed by atoms with Gasteiger partial charge in [-0.15, -0.1) is 0 Å². The molecule has 3 atom stereocenters. The van der Waals surface area contributed by atoms with Crippen LogP contribution in [0.3, 0.4) is 0 Å². The van der Waals surface area contributed by atoms with E-state index >= 15 is 0 Å². The zero-order valence-corrected chi connectivity index (χ0v) is 13.0. The number of nitrogens with one attached hydrogen (secondary N) is 1. The highest BCUT2D eigenvalue weighted by Crippen LogP contribution is 2.39. The lowest BCUT2D eigenvalue weighted by molar-refractivity contribution is 0.210. The molecule has 3 nitrogen and oxygen atoms in total. The van der Waals surface area contributed by atoms with Crippen LogP contribution in [0.1, 0.15) is 56.2 Å². The number of methoxy groups -OCH3 is 1. The highest BCUT2D eigenvalue weighted by molar-refractivity contribution is 5.38. The Morgan fingerprint density at radius 3 is 2.85 bits per heavy atom. The van der Waals surface area contributed by atoms with Crippen LogP contribution < -0.4 is 16.0 Å². The second kappa shape index (κ2) is 7.09. The molecule has 112 valence electrons. The summed E-state index contributed by atoms with van der Waals surface area (Å²) in [6, 6.07) is 6.67. The molecular formula is C17H28N2O. The number of hydrazine groups is 1. The first-order chi connectivity index (χ1) is 9.69. The second-order valence-corrected chi connectivity index (χ2v) is 6.07. The molecule has 0 aliphatic heterocycles. The molecule has 0 spiro atoms. The average Bonchev–Trinajstić information content (AvgIpc) is 2.50. The normalized spacial score (nSPS) is 24.4. The molecule has 20 heavy (non-hydrogen) atoms. The molecule has 0 aromatic heterocycles. The van der Waals surface area contributed by atoms with Gasteiger partial charge in [-0.25, -0.2) is 0 Å². The van der Waals surface area contributed by atoms with Gasteiger partial charge in [-0.2, -0.15) is 0 Å². The van der Waals surface area contributed by atoms with Gasteiger partial charge in [-0.3, -0.25) is 11.3 Å². The van der Waals surface area contributed by atoms with Crippen LogP contribution in [0.5, 0.6) is 5.75 Å². The van der Waals surface area contributed by atoms with E-state index in [-0.39, 0.29) is 6.04 Å². The summed E-state index contributed by atoms with van der Waals surface area (Å²) in [5.74, 6) is 8.30. The van der Waals surface area contributed by atoms with Gasteiger partial charge in [0.25, 0.3) is 0 Å². The summed E-state index contributed by atoms with van der Waals surface area (Å²) in [5.41, 5.74) is 5.46. The lowest BCUT2D eigenvalue weighted by atomic mass is 9.75. The summed E-state index contributed by atoms with van der Waals surface area (Å²) in [6.45, 7) is 4.37. The Bertz CT molecular complexity index is 433. The molecule has 2 rings (SSSR count). The zero-order chi connectivity index (χ0) is 14.5. The minimum absolute atomic E-state index is 0.235. The molecule has 0 saturated heterocycles. The predicted molar refractivity (Wildman–Crippen MR) is 83.5 cm³/mol. The highest BCUT2D eigenvalue weighted by Gasteiger charge is 2.28. The molecule has 1 aliphatic rings. The van der Waals surface area contributed by atoms with Gasteiger partial charge >= 0.3 is 0 Å². The number of rotatable bonds is 5. The first-order valence-electron chi connectivity index (χ1n) is 7.80.